The summed E-state index contributed by atoms with van der Waals surface area (Å²) in [6.45, 7) is 1.41. The molecule has 0 aliphatic carbocycles. The lowest BCUT2D eigenvalue weighted by molar-refractivity contribution is -0.126. The number of aliphatic imine (C=N–C) groups is 1. The van der Waals surface area contributed by atoms with Crippen molar-refractivity contribution in [3.05, 3.63) is 23.8 Å². The highest BCUT2D eigenvalue weighted by atomic mass is 16.5. The molecule has 1 aromatic carbocycles. The highest BCUT2D eigenvalue weighted by Gasteiger charge is 2.39. The molecule has 0 bridgehead atoms. The molecule has 3 rings (SSSR count). The van der Waals surface area contributed by atoms with Gasteiger partial charge in [0, 0.05) is 18.7 Å². The van der Waals surface area contributed by atoms with E-state index in [0.717, 1.165) is 55.5 Å². The van der Waals surface area contributed by atoms with Gasteiger partial charge in [-0.1, -0.05) is 25.7 Å². The number of rotatable bonds is 11. The van der Waals surface area contributed by atoms with Gasteiger partial charge >= 0.3 is 0 Å². The van der Waals surface area contributed by atoms with E-state index in [-0.39, 0.29) is 18.9 Å². The summed E-state index contributed by atoms with van der Waals surface area (Å²) in [5.41, 5.74) is 7.02. The van der Waals surface area contributed by atoms with Crippen LogP contribution in [0, 0.1) is 0 Å². The highest BCUT2D eigenvalue weighted by molar-refractivity contribution is 6.09. The molecule has 4 N–H and O–H groups in total. The van der Waals surface area contributed by atoms with Gasteiger partial charge in [0.25, 0.3) is 0 Å². The molecule has 152 valence electrons. The smallest absolute Gasteiger partial charge is 0.250 e. The summed E-state index contributed by atoms with van der Waals surface area (Å²) in [5, 5.41) is 11.5. The molecule has 8 heteroatoms. The molecule has 0 saturated carbocycles. The molecule has 1 aromatic rings. The summed E-state index contributed by atoms with van der Waals surface area (Å²) < 4.78 is 5.86. The van der Waals surface area contributed by atoms with Crippen molar-refractivity contribution < 1.29 is 19.4 Å². The van der Waals surface area contributed by atoms with Gasteiger partial charge in [0.2, 0.25) is 17.8 Å². The second kappa shape index (κ2) is 9.54. The standard InChI is InChI=1S/C20H28N4O4/c21-18(26)12-17-19(27)23-20-22-16-8-7-15(11-14(16)13-24(17)20)28-10-6-4-2-1-3-5-9-25/h7-8,11,17,25H,1-6,9-10,12-13H2,(H2,21,26)(H,22,23,27). The quantitative estimate of drug-likeness (QED) is 0.498. The van der Waals surface area contributed by atoms with Crippen LogP contribution in [0.2, 0.25) is 0 Å². The summed E-state index contributed by atoms with van der Waals surface area (Å²) in [7, 11) is 0. The Balaban J connectivity index is 1.52. The third-order valence-corrected chi connectivity index (χ3v) is 5.02. The molecule has 0 spiro atoms. The van der Waals surface area contributed by atoms with Crippen molar-refractivity contribution in [2.45, 2.75) is 57.5 Å². The summed E-state index contributed by atoms with van der Waals surface area (Å²) in [6, 6.07) is 5.11. The van der Waals surface area contributed by atoms with Crippen molar-refractivity contribution in [2.75, 3.05) is 13.2 Å². The molecule has 1 fully saturated rings. The Bertz CT molecular complexity index is 750. The number of carbonyl (C=O) groups excluding carboxylic acids is 2. The van der Waals surface area contributed by atoms with E-state index in [1.165, 1.54) is 0 Å². The molecule has 0 radical (unpaired) electrons. The Kier molecular flexibility index (Phi) is 6.86. The number of nitrogens with zero attached hydrogens (tertiary/aromatic N) is 2. The lowest BCUT2D eigenvalue weighted by Gasteiger charge is -2.27. The SMILES string of the molecule is NC(=O)CC1C(=O)NC2=Nc3ccc(OCCCCCCCCO)cc3CN21. The van der Waals surface area contributed by atoms with Crippen LogP contribution < -0.4 is 15.8 Å². The fourth-order valence-corrected chi connectivity index (χ4v) is 3.52. The van der Waals surface area contributed by atoms with E-state index in [1.54, 1.807) is 4.90 Å². The largest absolute Gasteiger partial charge is 0.494 e. The minimum Gasteiger partial charge on any atom is -0.494 e. The number of nitrogens with two attached hydrogens (primary N) is 1. The van der Waals surface area contributed by atoms with Crippen LogP contribution in [0.5, 0.6) is 5.75 Å². The number of fused-ring (bicyclic) bond motifs is 2. The first kappa shape index (κ1) is 20.1. The zero-order valence-electron chi connectivity index (χ0n) is 16.0. The molecule has 2 aliphatic rings. The van der Waals surface area contributed by atoms with Crippen LogP contribution >= 0.6 is 0 Å². The Morgan fingerprint density at radius 2 is 2.00 bits per heavy atom. The zero-order chi connectivity index (χ0) is 19.9. The molecule has 1 saturated heterocycles. The number of primary amides is 1. The van der Waals surface area contributed by atoms with E-state index in [1.807, 2.05) is 18.2 Å². The average molecular weight is 388 g/mol. The maximum absolute atomic E-state index is 12.1. The number of unbranched alkanes of at least 4 members (excludes halogenated alkanes) is 5. The van der Waals surface area contributed by atoms with Gasteiger partial charge in [-0.05, 0) is 31.0 Å². The molecule has 0 aromatic heterocycles. The molecular formula is C20H28N4O4. The normalized spacial score (nSPS) is 17.6. The van der Waals surface area contributed by atoms with E-state index >= 15 is 0 Å². The molecular weight excluding hydrogens is 360 g/mol. The molecule has 2 heterocycles. The number of guanidine groups is 1. The molecule has 1 atom stereocenters. The molecule has 2 aliphatic heterocycles. The number of nitrogens with one attached hydrogen (secondary N) is 1. The van der Waals surface area contributed by atoms with E-state index < -0.39 is 11.9 Å². The second-order valence-corrected chi connectivity index (χ2v) is 7.22. The fourth-order valence-electron chi connectivity index (χ4n) is 3.52. The van der Waals surface area contributed by atoms with Crippen LogP contribution in [0.15, 0.2) is 23.2 Å². The number of benzene rings is 1. The van der Waals surface area contributed by atoms with Crippen molar-refractivity contribution in [1.29, 1.82) is 0 Å². The predicted octanol–water partition coefficient (Wildman–Crippen LogP) is 1.58. The summed E-state index contributed by atoms with van der Waals surface area (Å²) in [4.78, 5) is 29.6. The van der Waals surface area contributed by atoms with Gasteiger partial charge in [0.05, 0.1) is 18.7 Å². The van der Waals surface area contributed by atoms with Crippen LogP contribution in [-0.2, 0) is 16.1 Å². The first-order valence-electron chi connectivity index (χ1n) is 9.89. The van der Waals surface area contributed by atoms with E-state index in [9.17, 15) is 9.59 Å². The average Bonchev–Trinajstić information content (AvgIpc) is 2.96. The number of aliphatic hydroxyl groups is 1. The van der Waals surface area contributed by atoms with Gasteiger partial charge < -0.3 is 20.5 Å². The number of carbonyl (C=O) groups is 2. The fraction of sp³-hybridized carbons (Fsp3) is 0.550. The minimum absolute atomic E-state index is 0.0331. The van der Waals surface area contributed by atoms with Crippen molar-refractivity contribution in [3.63, 3.8) is 0 Å². The van der Waals surface area contributed by atoms with Crippen LogP contribution in [0.1, 0.15) is 50.5 Å². The molecule has 28 heavy (non-hydrogen) atoms. The molecule has 8 nitrogen and oxygen atoms in total. The number of hydrogen-bond acceptors (Lipinski definition) is 6. The Morgan fingerprint density at radius 1 is 1.25 bits per heavy atom. The van der Waals surface area contributed by atoms with Crippen LogP contribution in [0.4, 0.5) is 5.69 Å². The number of ether oxygens (including phenoxy) is 1. The topological polar surface area (TPSA) is 117 Å². The van der Waals surface area contributed by atoms with Crippen molar-refractivity contribution >= 4 is 23.5 Å². The first-order valence-corrected chi connectivity index (χ1v) is 9.89. The zero-order valence-corrected chi connectivity index (χ0v) is 16.0. The van der Waals surface area contributed by atoms with Crippen molar-refractivity contribution in [2.24, 2.45) is 10.7 Å². The Morgan fingerprint density at radius 3 is 2.75 bits per heavy atom. The van der Waals surface area contributed by atoms with Gasteiger partial charge in [0.1, 0.15) is 11.8 Å². The summed E-state index contributed by atoms with van der Waals surface area (Å²) in [5.74, 6) is 0.489. The second-order valence-electron chi connectivity index (χ2n) is 7.22. The lowest BCUT2D eigenvalue weighted by atomic mass is 10.1. The lowest BCUT2D eigenvalue weighted by Crippen LogP contribution is -2.39. The van der Waals surface area contributed by atoms with Crippen molar-refractivity contribution in [1.82, 2.24) is 10.2 Å². The predicted molar refractivity (Wildman–Crippen MR) is 105 cm³/mol. The van der Waals surface area contributed by atoms with Gasteiger partial charge in [-0.2, -0.15) is 0 Å². The third kappa shape index (κ3) is 5.01. The Labute approximate surface area is 164 Å². The van der Waals surface area contributed by atoms with Crippen LogP contribution in [0.3, 0.4) is 0 Å². The number of amides is 2. The molecule has 2 amide bonds. The van der Waals surface area contributed by atoms with Crippen LogP contribution in [-0.4, -0.2) is 47.0 Å². The minimum atomic E-state index is -0.611. The van der Waals surface area contributed by atoms with Gasteiger partial charge in [-0.25, -0.2) is 4.99 Å². The monoisotopic (exact) mass is 388 g/mol. The first-order chi connectivity index (χ1) is 13.6. The van der Waals surface area contributed by atoms with Crippen LogP contribution in [0.25, 0.3) is 0 Å². The molecule has 1 unspecified atom stereocenters. The number of hydrogen-bond donors (Lipinski definition) is 3. The maximum Gasteiger partial charge on any atom is 0.250 e. The van der Waals surface area contributed by atoms with Gasteiger partial charge in [-0.15, -0.1) is 0 Å². The number of aliphatic hydroxyl groups excluding tert-OH is 1. The maximum atomic E-state index is 12.1. The van der Waals surface area contributed by atoms with Gasteiger partial charge in [0.15, 0.2) is 0 Å². The third-order valence-electron chi connectivity index (χ3n) is 5.02. The van der Waals surface area contributed by atoms with E-state index in [0.29, 0.717) is 19.1 Å². The highest BCUT2D eigenvalue weighted by Crippen LogP contribution is 2.32. The summed E-state index contributed by atoms with van der Waals surface area (Å²) >= 11 is 0. The van der Waals surface area contributed by atoms with E-state index in [4.69, 9.17) is 15.6 Å². The van der Waals surface area contributed by atoms with Gasteiger partial charge in [-0.3, -0.25) is 14.9 Å². The van der Waals surface area contributed by atoms with Crippen molar-refractivity contribution in [3.8, 4) is 5.75 Å². The summed E-state index contributed by atoms with van der Waals surface area (Å²) in [6.07, 6.45) is 6.33. The van der Waals surface area contributed by atoms with E-state index in [2.05, 4.69) is 10.3 Å². The Hall–Kier alpha value is -2.61.